The molecule has 3 heterocycles. The fourth-order valence-electron chi connectivity index (χ4n) is 3.81. The largest absolute Gasteiger partial charge is 0.341 e. The quantitative estimate of drug-likeness (QED) is 0.795. The van der Waals surface area contributed by atoms with Crippen molar-refractivity contribution in [2.24, 2.45) is 5.92 Å². The molecule has 0 N–H and O–H groups in total. The molecule has 0 spiro atoms. The zero-order valence-corrected chi connectivity index (χ0v) is 16.2. The van der Waals surface area contributed by atoms with Gasteiger partial charge in [0, 0.05) is 30.9 Å². The normalized spacial score (nSPS) is 24.7. The molecule has 4 rings (SSSR count). The zero-order valence-electron chi connectivity index (χ0n) is 14.5. The molecule has 2 aliphatic rings. The first kappa shape index (κ1) is 17.6. The van der Waals surface area contributed by atoms with Crippen molar-refractivity contribution in [1.82, 2.24) is 14.2 Å². The molecule has 1 aromatic heterocycles. The monoisotopic (exact) mass is 391 g/mol. The highest BCUT2D eigenvalue weighted by Gasteiger charge is 2.51. The second-order valence-electron chi connectivity index (χ2n) is 6.95. The first-order chi connectivity index (χ1) is 12.4. The van der Waals surface area contributed by atoms with Crippen molar-refractivity contribution in [1.29, 1.82) is 0 Å². The van der Waals surface area contributed by atoms with Crippen LogP contribution in [0.5, 0.6) is 0 Å². The van der Waals surface area contributed by atoms with Gasteiger partial charge in [-0.2, -0.15) is 4.31 Å². The Morgan fingerprint density at radius 1 is 1.23 bits per heavy atom. The van der Waals surface area contributed by atoms with Crippen LogP contribution in [0.1, 0.15) is 16.3 Å². The molecule has 1 amide bonds. The van der Waals surface area contributed by atoms with Gasteiger partial charge in [-0.25, -0.2) is 13.4 Å². The number of carbonyl (C=O) groups is 1. The molecule has 0 bridgehead atoms. The van der Waals surface area contributed by atoms with E-state index in [9.17, 15) is 13.2 Å². The molecule has 0 radical (unpaired) electrons. The smallest absolute Gasteiger partial charge is 0.227 e. The number of rotatable bonds is 4. The molecule has 138 valence electrons. The number of nitrogens with zero attached hydrogens (tertiary/aromatic N) is 3. The van der Waals surface area contributed by atoms with Crippen LogP contribution in [0.25, 0.3) is 0 Å². The van der Waals surface area contributed by atoms with Crippen molar-refractivity contribution >= 4 is 27.3 Å². The van der Waals surface area contributed by atoms with Crippen molar-refractivity contribution in [3.8, 4) is 0 Å². The van der Waals surface area contributed by atoms with E-state index < -0.39 is 15.3 Å². The van der Waals surface area contributed by atoms with E-state index in [1.54, 1.807) is 4.90 Å². The Morgan fingerprint density at radius 3 is 2.65 bits per heavy atom. The molecule has 0 aliphatic carbocycles. The summed E-state index contributed by atoms with van der Waals surface area (Å²) in [5.41, 5.74) is 1.76. The van der Waals surface area contributed by atoms with E-state index in [-0.39, 0.29) is 11.8 Å². The third-order valence-corrected chi connectivity index (χ3v) is 8.24. The lowest BCUT2D eigenvalue weighted by Crippen LogP contribution is -2.37. The average Bonchev–Trinajstić information content (AvgIpc) is 3.26. The first-order valence-electron chi connectivity index (χ1n) is 8.65. The maximum absolute atomic E-state index is 12.9. The topological polar surface area (TPSA) is 70.6 Å². The van der Waals surface area contributed by atoms with Crippen LogP contribution in [-0.4, -0.2) is 53.4 Å². The second-order valence-corrected chi connectivity index (χ2v) is 10.2. The van der Waals surface area contributed by atoms with Gasteiger partial charge in [-0.3, -0.25) is 4.79 Å². The van der Waals surface area contributed by atoms with Crippen LogP contribution >= 0.6 is 11.3 Å². The van der Waals surface area contributed by atoms with Gasteiger partial charge in [0.15, 0.2) is 0 Å². The van der Waals surface area contributed by atoms with Gasteiger partial charge in [-0.1, -0.05) is 30.3 Å². The van der Waals surface area contributed by atoms with Crippen molar-refractivity contribution in [2.45, 2.75) is 25.1 Å². The predicted octanol–water partition coefficient (Wildman–Crippen LogP) is 1.67. The Hall–Kier alpha value is -1.77. The number of thiazole rings is 1. The van der Waals surface area contributed by atoms with E-state index >= 15 is 0 Å². The molecule has 26 heavy (non-hydrogen) atoms. The van der Waals surface area contributed by atoms with Crippen LogP contribution in [-0.2, 0) is 27.8 Å². The van der Waals surface area contributed by atoms with Crippen LogP contribution in [0.2, 0.25) is 0 Å². The SMILES string of the molecule is Cc1nc(CN2C[C@@H]3CN(C(=O)Cc4ccccc4)C[C@@H]3S2(=O)=O)cs1. The van der Waals surface area contributed by atoms with E-state index in [2.05, 4.69) is 4.98 Å². The van der Waals surface area contributed by atoms with E-state index in [0.717, 1.165) is 16.3 Å². The number of carbonyl (C=O) groups excluding carboxylic acids is 1. The summed E-state index contributed by atoms with van der Waals surface area (Å²) >= 11 is 1.53. The summed E-state index contributed by atoms with van der Waals surface area (Å²) in [5, 5.41) is 2.37. The van der Waals surface area contributed by atoms with Gasteiger partial charge >= 0.3 is 0 Å². The maximum atomic E-state index is 12.9. The van der Waals surface area contributed by atoms with Gasteiger partial charge in [-0.05, 0) is 12.5 Å². The molecular weight excluding hydrogens is 370 g/mol. The van der Waals surface area contributed by atoms with E-state index in [1.807, 2.05) is 42.6 Å². The lowest BCUT2D eigenvalue weighted by Gasteiger charge is -2.21. The standard InChI is InChI=1S/C18H21N3O3S2/c1-13-19-16(12-25-13)10-21-9-15-8-20(11-17(15)26(21,23)24)18(22)7-14-5-3-2-4-6-14/h2-6,12,15,17H,7-11H2,1H3/t15-,17-/m0/s1. The Kier molecular flexibility index (Phi) is 4.58. The van der Waals surface area contributed by atoms with E-state index in [0.29, 0.717) is 32.6 Å². The molecule has 2 fully saturated rings. The summed E-state index contributed by atoms with van der Waals surface area (Å²) in [6.07, 6.45) is 0.322. The van der Waals surface area contributed by atoms with Crippen LogP contribution in [0.15, 0.2) is 35.7 Å². The van der Waals surface area contributed by atoms with Crippen LogP contribution < -0.4 is 0 Å². The van der Waals surface area contributed by atoms with Crippen molar-refractivity contribution in [2.75, 3.05) is 19.6 Å². The number of hydrogen-bond acceptors (Lipinski definition) is 5. The minimum Gasteiger partial charge on any atom is -0.341 e. The number of likely N-dealkylation sites (tertiary alicyclic amines) is 1. The summed E-state index contributed by atoms with van der Waals surface area (Å²) < 4.78 is 27.3. The van der Waals surface area contributed by atoms with Gasteiger partial charge in [0.05, 0.1) is 28.9 Å². The summed E-state index contributed by atoms with van der Waals surface area (Å²) in [5.74, 6) is -0.0121. The number of fused-ring (bicyclic) bond motifs is 1. The van der Waals surface area contributed by atoms with Gasteiger partial charge < -0.3 is 4.90 Å². The number of hydrogen-bond donors (Lipinski definition) is 0. The number of benzene rings is 1. The Bertz CT molecular complexity index is 911. The molecule has 2 atom stereocenters. The summed E-state index contributed by atoms with van der Waals surface area (Å²) in [4.78, 5) is 18.6. The highest BCUT2D eigenvalue weighted by molar-refractivity contribution is 7.90. The van der Waals surface area contributed by atoms with E-state index in [4.69, 9.17) is 0 Å². The fourth-order valence-corrected chi connectivity index (χ4v) is 6.54. The summed E-state index contributed by atoms with van der Waals surface area (Å²) in [6, 6.07) is 9.57. The van der Waals surface area contributed by atoms with Crippen molar-refractivity contribution in [3.63, 3.8) is 0 Å². The van der Waals surface area contributed by atoms with Gasteiger partial charge in [-0.15, -0.1) is 11.3 Å². The zero-order chi connectivity index (χ0) is 18.3. The van der Waals surface area contributed by atoms with Gasteiger partial charge in [0.1, 0.15) is 0 Å². The summed E-state index contributed by atoms with van der Waals surface area (Å²) in [7, 11) is -3.39. The van der Waals surface area contributed by atoms with Crippen LogP contribution in [0.3, 0.4) is 0 Å². The molecule has 8 heteroatoms. The highest BCUT2D eigenvalue weighted by atomic mass is 32.2. The molecular formula is C18H21N3O3S2. The van der Waals surface area contributed by atoms with E-state index in [1.165, 1.54) is 15.6 Å². The van der Waals surface area contributed by atoms with Crippen molar-refractivity contribution < 1.29 is 13.2 Å². The lowest BCUT2D eigenvalue weighted by atomic mass is 10.1. The van der Waals surface area contributed by atoms with Gasteiger partial charge in [0.2, 0.25) is 15.9 Å². The first-order valence-corrected chi connectivity index (χ1v) is 11.0. The molecule has 2 aliphatic heterocycles. The molecule has 0 saturated carbocycles. The number of aromatic nitrogens is 1. The molecule has 0 unspecified atom stereocenters. The number of aryl methyl sites for hydroxylation is 1. The second kappa shape index (κ2) is 6.75. The third-order valence-electron chi connectivity index (χ3n) is 5.12. The minimum absolute atomic E-state index is 0.00229. The minimum atomic E-state index is -3.39. The fraction of sp³-hybridized carbons (Fsp3) is 0.444. The molecule has 1 aromatic carbocycles. The maximum Gasteiger partial charge on any atom is 0.227 e. The van der Waals surface area contributed by atoms with Crippen LogP contribution in [0, 0.1) is 12.8 Å². The van der Waals surface area contributed by atoms with Gasteiger partial charge in [0.25, 0.3) is 0 Å². The predicted molar refractivity (Wildman–Crippen MR) is 100 cm³/mol. The Labute approximate surface area is 157 Å². The summed E-state index contributed by atoms with van der Waals surface area (Å²) in [6.45, 7) is 3.53. The number of amides is 1. The number of sulfonamides is 1. The average molecular weight is 392 g/mol. The van der Waals surface area contributed by atoms with Crippen LogP contribution in [0.4, 0.5) is 0 Å². The lowest BCUT2D eigenvalue weighted by molar-refractivity contribution is -0.129. The Balaban J connectivity index is 1.42. The highest BCUT2D eigenvalue weighted by Crippen LogP contribution is 2.35. The molecule has 6 nitrogen and oxygen atoms in total. The Morgan fingerprint density at radius 2 is 2.00 bits per heavy atom. The third kappa shape index (κ3) is 3.28. The molecule has 2 saturated heterocycles. The molecule has 2 aromatic rings. The van der Waals surface area contributed by atoms with Crippen molar-refractivity contribution in [3.05, 3.63) is 52.0 Å².